The number of unbranched alkanes of at least 4 members (excludes halogenated alkanes) is 1. The van der Waals surface area contributed by atoms with Crippen LogP contribution in [0.1, 0.15) is 39.0 Å². The third-order valence-corrected chi connectivity index (χ3v) is 5.07. The summed E-state index contributed by atoms with van der Waals surface area (Å²) < 4.78 is 0. The Kier molecular flexibility index (Phi) is 5.81. The van der Waals surface area contributed by atoms with E-state index in [9.17, 15) is 10.1 Å². The highest BCUT2D eigenvalue weighted by atomic mass is 16.6. The molecule has 0 radical (unpaired) electrons. The third-order valence-electron chi connectivity index (χ3n) is 5.07. The standard InChI is InChI=1S/C19H26N4O2/c1-15-7-2-4-13-22(15)14-5-3-11-20-17-9-10-18(23(24)25)16-8-6-12-21-19(16)17/h6,8-10,12,15,20H,2-5,7,11,13-14H2,1H3/t15-/m1/s1. The SMILES string of the molecule is C[C@@H]1CCCCN1CCCCNc1ccc([N+](=O)[O-])c2cccnc12. The van der Waals surface area contributed by atoms with Gasteiger partial charge in [-0.1, -0.05) is 6.42 Å². The number of likely N-dealkylation sites (tertiary alicyclic amines) is 1. The molecule has 25 heavy (non-hydrogen) atoms. The van der Waals surface area contributed by atoms with Crippen molar-refractivity contribution in [1.29, 1.82) is 0 Å². The van der Waals surface area contributed by atoms with Crippen molar-refractivity contribution in [3.05, 3.63) is 40.6 Å². The molecule has 1 aromatic carbocycles. The van der Waals surface area contributed by atoms with Gasteiger partial charge in [-0.3, -0.25) is 15.1 Å². The van der Waals surface area contributed by atoms with Crippen molar-refractivity contribution in [2.24, 2.45) is 0 Å². The number of anilines is 1. The lowest BCUT2D eigenvalue weighted by Gasteiger charge is -2.33. The Morgan fingerprint density at radius 1 is 1.32 bits per heavy atom. The zero-order valence-corrected chi connectivity index (χ0v) is 14.8. The van der Waals surface area contributed by atoms with Crippen molar-refractivity contribution in [3.8, 4) is 0 Å². The molecule has 0 amide bonds. The number of nitro groups is 1. The third kappa shape index (κ3) is 4.25. The van der Waals surface area contributed by atoms with Crippen LogP contribution in [-0.2, 0) is 0 Å². The lowest BCUT2D eigenvalue weighted by molar-refractivity contribution is -0.383. The average Bonchev–Trinajstić information content (AvgIpc) is 2.62. The van der Waals surface area contributed by atoms with Crippen molar-refractivity contribution in [2.45, 2.75) is 45.1 Å². The van der Waals surface area contributed by atoms with Crippen molar-refractivity contribution in [1.82, 2.24) is 9.88 Å². The highest BCUT2D eigenvalue weighted by molar-refractivity contribution is 5.96. The van der Waals surface area contributed by atoms with Gasteiger partial charge >= 0.3 is 0 Å². The number of pyridine rings is 1. The summed E-state index contributed by atoms with van der Waals surface area (Å²) in [7, 11) is 0. The molecule has 0 aliphatic carbocycles. The van der Waals surface area contributed by atoms with E-state index in [1.54, 1.807) is 30.5 Å². The van der Waals surface area contributed by atoms with Crippen LogP contribution >= 0.6 is 0 Å². The average molecular weight is 342 g/mol. The van der Waals surface area contributed by atoms with Gasteiger partial charge in [0.2, 0.25) is 0 Å². The smallest absolute Gasteiger partial charge is 0.278 e. The molecule has 0 unspecified atom stereocenters. The first-order valence-corrected chi connectivity index (χ1v) is 9.17. The number of fused-ring (bicyclic) bond motifs is 1. The number of nitrogens with one attached hydrogen (secondary N) is 1. The maximum absolute atomic E-state index is 11.2. The molecule has 6 heteroatoms. The van der Waals surface area contributed by atoms with Crippen LogP contribution in [0.3, 0.4) is 0 Å². The van der Waals surface area contributed by atoms with Gasteiger partial charge in [-0.25, -0.2) is 0 Å². The molecule has 2 aromatic rings. The van der Waals surface area contributed by atoms with Crippen molar-refractivity contribution < 1.29 is 4.92 Å². The summed E-state index contributed by atoms with van der Waals surface area (Å²) in [6.45, 7) is 5.56. The van der Waals surface area contributed by atoms with Crippen molar-refractivity contribution in [2.75, 3.05) is 25.0 Å². The molecule has 1 aliphatic rings. The number of hydrogen-bond acceptors (Lipinski definition) is 5. The van der Waals surface area contributed by atoms with Crippen LogP contribution in [0.4, 0.5) is 11.4 Å². The first-order chi connectivity index (χ1) is 12.2. The van der Waals surface area contributed by atoms with E-state index in [0.717, 1.165) is 31.6 Å². The maximum atomic E-state index is 11.2. The van der Waals surface area contributed by atoms with Gasteiger partial charge in [-0.15, -0.1) is 0 Å². The van der Waals surface area contributed by atoms with Gasteiger partial charge < -0.3 is 10.2 Å². The molecule has 0 spiro atoms. The molecule has 1 N–H and O–H groups in total. The molecule has 1 saturated heterocycles. The van der Waals surface area contributed by atoms with Crippen molar-refractivity contribution >= 4 is 22.3 Å². The van der Waals surface area contributed by atoms with Crippen LogP contribution in [0.2, 0.25) is 0 Å². The Balaban J connectivity index is 1.55. The van der Waals surface area contributed by atoms with E-state index in [1.165, 1.54) is 25.8 Å². The van der Waals surface area contributed by atoms with Crippen LogP contribution < -0.4 is 5.32 Å². The van der Waals surface area contributed by atoms with Crippen LogP contribution in [0.15, 0.2) is 30.5 Å². The molecule has 3 rings (SSSR count). The predicted octanol–water partition coefficient (Wildman–Crippen LogP) is 4.21. The number of benzene rings is 1. The quantitative estimate of drug-likeness (QED) is 0.464. The highest BCUT2D eigenvalue weighted by Gasteiger charge is 2.17. The fourth-order valence-electron chi connectivity index (χ4n) is 3.61. The Hall–Kier alpha value is -2.21. The second-order valence-electron chi connectivity index (χ2n) is 6.80. The van der Waals surface area contributed by atoms with Gasteiger partial charge in [0.1, 0.15) is 5.52 Å². The summed E-state index contributed by atoms with van der Waals surface area (Å²) >= 11 is 0. The second kappa shape index (κ2) is 8.25. The van der Waals surface area contributed by atoms with Gasteiger partial charge in [0.05, 0.1) is 16.0 Å². The number of non-ortho nitro benzene ring substituents is 1. The normalized spacial score (nSPS) is 18.4. The Bertz CT molecular complexity index is 734. The fraction of sp³-hybridized carbons (Fsp3) is 0.526. The summed E-state index contributed by atoms with van der Waals surface area (Å²) in [6.07, 6.45) is 7.92. The minimum atomic E-state index is -0.354. The van der Waals surface area contributed by atoms with E-state index in [0.29, 0.717) is 16.9 Å². The molecule has 134 valence electrons. The van der Waals surface area contributed by atoms with Crippen LogP contribution in [0, 0.1) is 10.1 Å². The van der Waals surface area contributed by atoms with E-state index < -0.39 is 0 Å². The summed E-state index contributed by atoms with van der Waals surface area (Å²) in [5.74, 6) is 0. The molecule has 0 saturated carbocycles. The van der Waals surface area contributed by atoms with Crippen LogP contribution in [0.5, 0.6) is 0 Å². The molecular weight excluding hydrogens is 316 g/mol. The van der Waals surface area contributed by atoms with E-state index in [4.69, 9.17) is 0 Å². The lowest BCUT2D eigenvalue weighted by Crippen LogP contribution is -2.38. The number of hydrogen-bond donors (Lipinski definition) is 1. The number of rotatable bonds is 7. The molecule has 2 heterocycles. The van der Waals surface area contributed by atoms with E-state index in [-0.39, 0.29) is 10.6 Å². The van der Waals surface area contributed by atoms with Gasteiger partial charge in [-0.05, 0) is 63.9 Å². The summed E-state index contributed by atoms with van der Waals surface area (Å²) in [5.41, 5.74) is 1.64. The summed E-state index contributed by atoms with van der Waals surface area (Å²) in [6, 6.07) is 7.52. The Morgan fingerprint density at radius 2 is 2.20 bits per heavy atom. The maximum Gasteiger partial charge on any atom is 0.278 e. The van der Waals surface area contributed by atoms with Gasteiger partial charge in [0.15, 0.2) is 0 Å². The summed E-state index contributed by atoms with van der Waals surface area (Å²) in [4.78, 5) is 17.7. The number of nitrogens with zero attached hydrogens (tertiary/aromatic N) is 3. The van der Waals surface area contributed by atoms with Gasteiger partial charge in [0.25, 0.3) is 5.69 Å². The van der Waals surface area contributed by atoms with E-state index >= 15 is 0 Å². The van der Waals surface area contributed by atoms with Crippen LogP contribution in [-0.4, -0.2) is 40.5 Å². The lowest BCUT2D eigenvalue weighted by atomic mass is 10.0. The predicted molar refractivity (Wildman–Crippen MR) is 101 cm³/mol. The molecule has 1 aliphatic heterocycles. The van der Waals surface area contributed by atoms with Crippen LogP contribution in [0.25, 0.3) is 10.9 Å². The second-order valence-corrected chi connectivity index (χ2v) is 6.80. The van der Waals surface area contributed by atoms with Gasteiger partial charge in [0, 0.05) is 24.8 Å². The van der Waals surface area contributed by atoms with E-state index in [1.807, 2.05) is 0 Å². The number of piperidine rings is 1. The number of aromatic nitrogens is 1. The zero-order chi connectivity index (χ0) is 17.6. The summed E-state index contributed by atoms with van der Waals surface area (Å²) in [5, 5.41) is 15.1. The highest BCUT2D eigenvalue weighted by Crippen LogP contribution is 2.29. The largest absolute Gasteiger partial charge is 0.383 e. The topological polar surface area (TPSA) is 71.3 Å². The molecule has 1 aromatic heterocycles. The van der Waals surface area contributed by atoms with E-state index in [2.05, 4.69) is 22.1 Å². The fourth-order valence-corrected chi connectivity index (χ4v) is 3.61. The Labute approximate surface area is 148 Å². The zero-order valence-electron chi connectivity index (χ0n) is 14.8. The van der Waals surface area contributed by atoms with Gasteiger partial charge in [-0.2, -0.15) is 0 Å². The first-order valence-electron chi connectivity index (χ1n) is 9.17. The first kappa shape index (κ1) is 17.6. The molecule has 0 bridgehead atoms. The monoisotopic (exact) mass is 342 g/mol. The number of nitro benzene ring substituents is 1. The van der Waals surface area contributed by atoms with Crippen molar-refractivity contribution in [3.63, 3.8) is 0 Å². The minimum absolute atomic E-state index is 0.104. The Morgan fingerprint density at radius 3 is 3.00 bits per heavy atom. The minimum Gasteiger partial charge on any atom is -0.383 e. The molecule has 1 fully saturated rings. The molecular formula is C19H26N4O2. The molecule has 6 nitrogen and oxygen atoms in total. The molecule has 1 atom stereocenters.